The standard InChI is InChI=1S/C13H17NO2S/c1-9-5-7-17-13(9)12(10(2)14)16-8-11-4-3-6-15-11/h3-7,10,12H,8,14H2,1-2H3. The van der Waals surface area contributed by atoms with Crippen LogP contribution in [-0.2, 0) is 11.3 Å². The highest BCUT2D eigenvalue weighted by Gasteiger charge is 2.20. The van der Waals surface area contributed by atoms with Crippen LogP contribution >= 0.6 is 11.3 Å². The summed E-state index contributed by atoms with van der Waals surface area (Å²) < 4.78 is 11.1. The highest BCUT2D eigenvalue weighted by molar-refractivity contribution is 7.10. The molecule has 2 heterocycles. The molecule has 0 saturated heterocycles. The second kappa shape index (κ2) is 5.49. The lowest BCUT2D eigenvalue weighted by atomic mass is 10.1. The van der Waals surface area contributed by atoms with E-state index in [0.717, 1.165) is 5.76 Å². The Kier molecular flexibility index (Phi) is 3.99. The molecular weight excluding hydrogens is 234 g/mol. The molecule has 0 aliphatic carbocycles. The summed E-state index contributed by atoms with van der Waals surface area (Å²) in [4.78, 5) is 1.20. The monoisotopic (exact) mass is 251 g/mol. The van der Waals surface area contributed by atoms with Crippen LogP contribution in [-0.4, -0.2) is 6.04 Å². The van der Waals surface area contributed by atoms with Crippen LogP contribution in [0.4, 0.5) is 0 Å². The molecule has 2 rings (SSSR count). The Morgan fingerprint density at radius 1 is 1.47 bits per heavy atom. The smallest absolute Gasteiger partial charge is 0.129 e. The third kappa shape index (κ3) is 2.97. The first-order valence-corrected chi connectivity index (χ1v) is 6.50. The molecule has 0 spiro atoms. The van der Waals surface area contributed by atoms with Crippen molar-refractivity contribution in [3.63, 3.8) is 0 Å². The van der Waals surface area contributed by atoms with Crippen molar-refractivity contribution < 1.29 is 9.15 Å². The number of ether oxygens (including phenoxy) is 1. The van der Waals surface area contributed by atoms with E-state index in [1.807, 2.05) is 19.1 Å². The van der Waals surface area contributed by atoms with Crippen molar-refractivity contribution in [2.75, 3.05) is 0 Å². The number of hydrogen-bond donors (Lipinski definition) is 1. The zero-order chi connectivity index (χ0) is 12.3. The lowest BCUT2D eigenvalue weighted by Gasteiger charge is -2.20. The topological polar surface area (TPSA) is 48.4 Å². The van der Waals surface area contributed by atoms with E-state index in [1.165, 1.54) is 10.4 Å². The van der Waals surface area contributed by atoms with Gasteiger partial charge in [0.2, 0.25) is 0 Å². The molecule has 4 heteroatoms. The molecule has 0 aromatic carbocycles. The maximum Gasteiger partial charge on any atom is 0.129 e. The number of furan rings is 1. The summed E-state index contributed by atoms with van der Waals surface area (Å²) in [6.07, 6.45) is 1.58. The molecule has 92 valence electrons. The molecule has 2 unspecified atom stereocenters. The van der Waals surface area contributed by atoms with Gasteiger partial charge in [-0.1, -0.05) is 0 Å². The van der Waals surface area contributed by atoms with E-state index < -0.39 is 0 Å². The number of aryl methyl sites for hydroxylation is 1. The lowest BCUT2D eigenvalue weighted by Crippen LogP contribution is -2.26. The van der Waals surface area contributed by atoms with E-state index in [9.17, 15) is 0 Å². The molecule has 0 amide bonds. The lowest BCUT2D eigenvalue weighted by molar-refractivity contribution is 0.0189. The van der Waals surface area contributed by atoms with Crippen molar-refractivity contribution in [3.8, 4) is 0 Å². The number of hydrogen-bond acceptors (Lipinski definition) is 4. The average Bonchev–Trinajstić information content (AvgIpc) is 2.91. The van der Waals surface area contributed by atoms with Crippen LogP contribution in [0, 0.1) is 6.92 Å². The van der Waals surface area contributed by atoms with Crippen LogP contribution < -0.4 is 5.73 Å². The third-order valence-electron chi connectivity index (χ3n) is 2.62. The van der Waals surface area contributed by atoms with Crippen LogP contribution in [0.15, 0.2) is 34.3 Å². The molecule has 0 fully saturated rings. The normalized spacial score (nSPS) is 14.8. The molecule has 0 aliphatic rings. The third-order valence-corrected chi connectivity index (χ3v) is 3.70. The Labute approximate surface area is 105 Å². The maximum atomic E-state index is 5.99. The predicted octanol–water partition coefficient (Wildman–Crippen LogP) is 3.25. The van der Waals surface area contributed by atoms with Gasteiger partial charge in [0.1, 0.15) is 18.5 Å². The summed E-state index contributed by atoms with van der Waals surface area (Å²) in [7, 11) is 0. The Bertz CT molecular complexity index is 448. The predicted molar refractivity (Wildman–Crippen MR) is 68.9 cm³/mol. The Morgan fingerprint density at radius 3 is 2.82 bits per heavy atom. The van der Waals surface area contributed by atoms with Crippen LogP contribution in [0.2, 0.25) is 0 Å². The minimum Gasteiger partial charge on any atom is -0.467 e. The largest absolute Gasteiger partial charge is 0.467 e. The number of rotatable bonds is 5. The Hall–Kier alpha value is -1.10. The van der Waals surface area contributed by atoms with Crippen LogP contribution in [0.1, 0.15) is 29.2 Å². The van der Waals surface area contributed by atoms with Gasteiger partial charge in [-0.25, -0.2) is 0 Å². The summed E-state index contributed by atoms with van der Waals surface area (Å²) in [6.45, 7) is 4.50. The van der Waals surface area contributed by atoms with Gasteiger partial charge < -0.3 is 14.9 Å². The molecule has 0 radical (unpaired) electrons. The van der Waals surface area contributed by atoms with E-state index in [-0.39, 0.29) is 12.1 Å². The quantitative estimate of drug-likeness (QED) is 0.887. The van der Waals surface area contributed by atoms with Gasteiger partial charge >= 0.3 is 0 Å². The van der Waals surface area contributed by atoms with E-state index in [0.29, 0.717) is 6.61 Å². The maximum absolute atomic E-state index is 5.99. The second-order valence-corrected chi connectivity index (χ2v) is 5.09. The van der Waals surface area contributed by atoms with Crippen LogP contribution in [0.3, 0.4) is 0 Å². The van der Waals surface area contributed by atoms with Crippen molar-refractivity contribution >= 4 is 11.3 Å². The van der Waals surface area contributed by atoms with E-state index >= 15 is 0 Å². The molecular formula is C13H17NO2S. The fourth-order valence-electron chi connectivity index (χ4n) is 1.71. The minimum atomic E-state index is -0.0694. The first-order chi connectivity index (χ1) is 8.18. The second-order valence-electron chi connectivity index (χ2n) is 4.14. The van der Waals surface area contributed by atoms with Gasteiger partial charge in [0, 0.05) is 10.9 Å². The van der Waals surface area contributed by atoms with Gasteiger partial charge in [-0.2, -0.15) is 0 Å². The van der Waals surface area contributed by atoms with E-state index in [2.05, 4.69) is 18.4 Å². The molecule has 2 atom stereocenters. The molecule has 17 heavy (non-hydrogen) atoms. The van der Waals surface area contributed by atoms with Crippen molar-refractivity contribution in [2.24, 2.45) is 5.73 Å². The molecule has 2 aromatic heterocycles. The van der Waals surface area contributed by atoms with Crippen molar-refractivity contribution in [3.05, 3.63) is 46.0 Å². The molecule has 0 aliphatic heterocycles. The van der Waals surface area contributed by atoms with Gasteiger partial charge in [-0.15, -0.1) is 11.3 Å². The fourth-order valence-corrected chi connectivity index (χ4v) is 2.80. The van der Waals surface area contributed by atoms with E-state index in [1.54, 1.807) is 17.6 Å². The molecule has 0 bridgehead atoms. The molecule has 2 N–H and O–H groups in total. The van der Waals surface area contributed by atoms with Gasteiger partial charge in [0.05, 0.1) is 6.26 Å². The molecule has 2 aromatic rings. The van der Waals surface area contributed by atoms with E-state index in [4.69, 9.17) is 14.9 Å². The first kappa shape index (κ1) is 12.4. The summed E-state index contributed by atoms with van der Waals surface area (Å²) >= 11 is 1.69. The minimum absolute atomic E-state index is 0.0395. The zero-order valence-corrected chi connectivity index (χ0v) is 10.9. The molecule has 3 nitrogen and oxygen atoms in total. The molecule has 0 saturated carbocycles. The number of thiophene rings is 1. The Balaban J connectivity index is 2.06. The van der Waals surface area contributed by atoms with Gasteiger partial charge in [0.25, 0.3) is 0 Å². The SMILES string of the molecule is Cc1ccsc1C(OCc1ccco1)C(C)N. The Morgan fingerprint density at radius 2 is 2.29 bits per heavy atom. The summed E-state index contributed by atoms with van der Waals surface area (Å²) in [6, 6.07) is 5.81. The van der Waals surface area contributed by atoms with Crippen molar-refractivity contribution in [2.45, 2.75) is 32.6 Å². The average molecular weight is 251 g/mol. The van der Waals surface area contributed by atoms with Crippen LogP contribution in [0.25, 0.3) is 0 Å². The van der Waals surface area contributed by atoms with Gasteiger partial charge in [0.15, 0.2) is 0 Å². The zero-order valence-electron chi connectivity index (χ0n) is 10.1. The van der Waals surface area contributed by atoms with Crippen molar-refractivity contribution in [1.29, 1.82) is 0 Å². The summed E-state index contributed by atoms with van der Waals surface area (Å²) in [5, 5.41) is 2.07. The first-order valence-electron chi connectivity index (χ1n) is 5.62. The number of nitrogens with two attached hydrogens (primary N) is 1. The summed E-state index contributed by atoms with van der Waals surface area (Å²) in [5.74, 6) is 0.824. The van der Waals surface area contributed by atoms with Crippen LogP contribution in [0.5, 0.6) is 0 Å². The van der Waals surface area contributed by atoms with Crippen molar-refractivity contribution in [1.82, 2.24) is 0 Å². The van der Waals surface area contributed by atoms with Gasteiger partial charge in [-0.3, -0.25) is 0 Å². The highest BCUT2D eigenvalue weighted by atomic mass is 32.1. The highest BCUT2D eigenvalue weighted by Crippen LogP contribution is 2.29. The fraction of sp³-hybridized carbons (Fsp3) is 0.385. The van der Waals surface area contributed by atoms with Gasteiger partial charge in [-0.05, 0) is 43.0 Å². The summed E-state index contributed by atoms with van der Waals surface area (Å²) in [5.41, 5.74) is 7.22.